The first-order chi connectivity index (χ1) is 11.5. The van der Waals surface area contributed by atoms with E-state index in [1.54, 1.807) is 12.1 Å². The molecule has 2 aromatic heterocycles. The van der Waals surface area contributed by atoms with Gasteiger partial charge in [0.1, 0.15) is 16.2 Å². The van der Waals surface area contributed by atoms with Crippen LogP contribution in [0.3, 0.4) is 0 Å². The van der Waals surface area contributed by atoms with Crippen LogP contribution in [0.4, 0.5) is 5.69 Å². The third-order valence-electron chi connectivity index (χ3n) is 3.04. The van der Waals surface area contributed by atoms with Crippen molar-refractivity contribution in [2.24, 2.45) is 0 Å². The lowest BCUT2D eigenvalue weighted by Crippen LogP contribution is -2.18. The number of carbonyl (C=O) groups excluding carboxylic acids is 1. The van der Waals surface area contributed by atoms with Crippen molar-refractivity contribution in [2.75, 3.05) is 4.72 Å². The Morgan fingerprint density at radius 1 is 1.12 bits per heavy atom. The van der Waals surface area contributed by atoms with Gasteiger partial charge in [-0.05, 0) is 36.4 Å². The quantitative estimate of drug-likeness (QED) is 0.471. The van der Waals surface area contributed by atoms with Crippen LogP contribution in [-0.4, -0.2) is 24.7 Å². The minimum absolute atomic E-state index is 0.123. The Bertz CT molecular complexity index is 947. The fraction of sp³-hybridized carbons (Fsp3) is 0. The molecule has 0 aliphatic carbocycles. The first-order valence-corrected chi connectivity index (χ1v) is 8.87. The molecule has 8 nitrogen and oxygen atoms in total. The number of hydroxylamine groups is 1. The predicted octanol–water partition coefficient (Wildman–Crippen LogP) is 2.32. The van der Waals surface area contributed by atoms with Crippen molar-refractivity contribution in [3.05, 3.63) is 54.3 Å². The number of carbonyl (C=O) groups is 1. The van der Waals surface area contributed by atoms with Crippen molar-refractivity contribution in [2.45, 2.75) is 4.21 Å². The average Bonchev–Trinajstić information content (AvgIpc) is 3.25. The van der Waals surface area contributed by atoms with Gasteiger partial charge in [0.25, 0.3) is 15.9 Å². The number of rotatable bonds is 5. The Labute approximate surface area is 140 Å². The Hall–Kier alpha value is -2.69. The maximum Gasteiger partial charge on any atom is 0.274 e. The molecule has 0 aliphatic rings. The smallest absolute Gasteiger partial charge is 0.274 e. The molecule has 0 radical (unpaired) electrons. The van der Waals surface area contributed by atoms with Crippen LogP contribution in [0, 0.1) is 0 Å². The van der Waals surface area contributed by atoms with Crippen LogP contribution in [0.1, 0.15) is 10.4 Å². The molecule has 2 heterocycles. The van der Waals surface area contributed by atoms with Gasteiger partial charge in [-0.15, -0.1) is 11.3 Å². The Morgan fingerprint density at radius 2 is 1.88 bits per heavy atom. The van der Waals surface area contributed by atoms with E-state index in [0.717, 1.165) is 11.3 Å². The lowest BCUT2D eigenvalue weighted by Gasteiger charge is -2.06. The van der Waals surface area contributed by atoms with Gasteiger partial charge >= 0.3 is 0 Å². The molecule has 0 bridgehead atoms. The normalized spacial score (nSPS) is 11.2. The molecule has 3 N–H and O–H groups in total. The van der Waals surface area contributed by atoms with Gasteiger partial charge < -0.3 is 4.52 Å². The molecule has 0 saturated carbocycles. The molecule has 3 aromatic rings. The van der Waals surface area contributed by atoms with Crippen molar-refractivity contribution in [1.29, 1.82) is 0 Å². The number of aromatic nitrogens is 1. The van der Waals surface area contributed by atoms with E-state index in [9.17, 15) is 13.2 Å². The molecule has 0 saturated heterocycles. The monoisotopic (exact) mass is 365 g/mol. The highest BCUT2D eigenvalue weighted by molar-refractivity contribution is 7.94. The summed E-state index contributed by atoms with van der Waals surface area (Å²) in [7, 11) is -3.76. The number of thiophene rings is 1. The summed E-state index contributed by atoms with van der Waals surface area (Å²) in [4.78, 5) is 11.9. The lowest BCUT2D eigenvalue weighted by atomic mass is 10.2. The van der Waals surface area contributed by atoms with E-state index in [4.69, 9.17) is 9.73 Å². The van der Waals surface area contributed by atoms with E-state index in [2.05, 4.69) is 9.88 Å². The SMILES string of the molecule is O=C(NO)c1ccc(NS(=O)(=O)c2ccc(-c3ccon3)s2)cc1. The van der Waals surface area contributed by atoms with Gasteiger partial charge in [0.2, 0.25) is 0 Å². The molecule has 0 fully saturated rings. The van der Waals surface area contributed by atoms with Gasteiger partial charge in [0, 0.05) is 17.3 Å². The molecule has 0 unspecified atom stereocenters. The summed E-state index contributed by atoms with van der Waals surface area (Å²) in [6.07, 6.45) is 1.41. The summed E-state index contributed by atoms with van der Waals surface area (Å²) in [5.41, 5.74) is 2.55. The van der Waals surface area contributed by atoms with Crippen molar-refractivity contribution in [1.82, 2.24) is 10.6 Å². The number of nitrogens with one attached hydrogen (secondary N) is 2. The Kier molecular flexibility index (Phi) is 4.34. The molecule has 124 valence electrons. The average molecular weight is 365 g/mol. The highest BCUT2D eigenvalue weighted by Crippen LogP contribution is 2.30. The molecular formula is C14H11N3O5S2. The van der Waals surface area contributed by atoms with Crippen LogP contribution in [0.15, 0.2) is 57.5 Å². The number of nitrogens with zero attached hydrogens (tertiary/aromatic N) is 1. The fourth-order valence-corrected chi connectivity index (χ4v) is 4.23. The maximum absolute atomic E-state index is 12.4. The summed E-state index contributed by atoms with van der Waals surface area (Å²) < 4.78 is 32.1. The second-order valence-corrected chi connectivity index (χ2v) is 7.62. The molecule has 1 amide bonds. The highest BCUT2D eigenvalue weighted by atomic mass is 32.2. The topological polar surface area (TPSA) is 122 Å². The zero-order valence-corrected chi connectivity index (χ0v) is 13.6. The fourth-order valence-electron chi connectivity index (χ4n) is 1.90. The minimum Gasteiger partial charge on any atom is -0.364 e. The number of hydrogen-bond acceptors (Lipinski definition) is 7. The van der Waals surface area contributed by atoms with Crippen molar-refractivity contribution < 1.29 is 22.9 Å². The Morgan fingerprint density at radius 3 is 2.50 bits per heavy atom. The molecule has 3 rings (SSSR count). The number of amides is 1. The number of benzene rings is 1. The molecular weight excluding hydrogens is 354 g/mol. The van der Waals surface area contributed by atoms with E-state index in [1.807, 2.05) is 0 Å². The largest absolute Gasteiger partial charge is 0.364 e. The summed E-state index contributed by atoms with van der Waals surface area (Å²) in [6.45, 7) is 0. The minimum atomic E-state index is -3.76. The highest BCUT2D eigenvalue weighted by Gasteiger charge is 2.18. The second-order valence-electron chi connectivity index (χ2n) is 4.63. The molecule has 24 heavy (non-hydrogen) atoms. The first kappa shape index (κ1) is 16.2. The lowest BCUT2D eigenvalue weighted by molar-refractivity contribution is 0.0706. The van der Waals surface area contributed by atoms with Crippen molar-refractivity contribution in [3.63, 3.8) is 0 Å². The standard InChI is InChI=1S/C14H11N3O5S2/c18-14(15-19)9-1-3-10(4-2-9)17-24(20,21)13-6-5-12(23-13)11-7-8-22-16-11/h1-8,17,19H,(H,15,18). The van der Waals surface area contributed by atoms with Gasteiger partial charge in [0.15, 0.2) is 0 Å². The third-order valence-corrected chi connectivity index (χ3v) is 6.02. The summed E-state index contributed by atoms with van der Waals surface area (Å²) in [6, 6.07) is 10.4. The first-order valence-electron chi connectivity index (χ1n) is 6.57. The van der Waals surface area contributed by atoms with Gasteiger partial charge in [-0.25, -0.2) is 13.9 Å². The molecule has 1 aromatic carbocycles. The van der Waals surface area contributed by atoms with E-state index in [-0.39, 0.29) is 9.77 Å². The maximum atomic E-state index is 12.4. The Balaban J connectivity index is 1.80. The van der Waals surface area contributed by atoms with E-state index in [0.29, 0.717) is 16.3 Å². The predicted molar refractivity (Wildman–Crippen MR) is 86.3 cm³/mol. The van der Waals surface area contributed by atoms with E-state index < -0.39 is 15.9 Å². The van der Waals surface area contributed by atoms with Crippen LogP contribution in [0.2, 0.25) is 0 Å². The van der Waals surface area contributed by atoms with Gasteiger partial charge in [-0.2, -0.15) is 0 Å². The van der Waals surface area contributed by atoms with Crippen LogP contribution in [0.5, 0.6) is 0 Å². The zero-order chi connectivity index (χ0) is 17.2. The molecule has 10 heteroatoms. The van der Waals surface area contributed by atoms with E-state index >= 15 is 0 Å². The van der Waals surface area contributed by atoms with Gasteiger partial charge in [-0.3, -0.25) is 14.7 Å². The summed E-state index contributed by atoms with van der Waals surface area (Å²) in [5, 5.41) is 12.3. The molecule has 0 atom stereocenters. The van der Waals surface area contributed by atoms with Crippen LogP contribution in [0.25, 0.3) is 10.6 Å². The molecule has 0 aliphatic heterocycles. The van der Waals surface area contributed by atoms with Crippen molar-refractivity contribution in [3.8, 4) is 10.6 Å². The van der Waals surface area contributed by atoms with Crippen LogP contribution in [-0.2, 0) is 10.0 Å². The zero-order valence-electron chi connectivity index (χ0n) is 12.0. The molecule has 0 spiro atoms. The number of anilines is 1. The number of hydrogen-bond donors (Lipinski definition) is 3. The van der Waals surface area contributed by atoms with Crippen molar-refractivity contribution >= 4 is 33.0 Å². The van der Waals surface area contributed by atoms with Gasteiger partial charge in [0.05, 0.1) is 4.88 Å². The summed E-state index contributed by atoms with van der Waals surface area (Å²) >= 11 is 1.06. The third kappa shape index (κ3) is 3.30. The van der Waals surface area contributed by atoms with Crippen LogP contribution < -0.4 is 10.2 Å². The summed E-state index contributed by atoms with van der Waals surface area (Å²) in [5.74, 6) is -0.681. The van der Waals surface area contributed by atoms with Crippen LogP contribution >= 0.6 is 11.3 Å². The van der Waals surface area contributed by atoms with E-state index in [1.165, 1.54) is 42.1 Å². The van der Waals surface area contributed by atoms with Gasteiger partial charge in [-0.1, -0.05) is 5.16 Å². The number of sulfonamides is 1. The second kappa shape index (κ2) is 6.43.